The molecule has 3 aromatic rings. The lowest BCUT2D eigenvalue weighted by molar-refractivity contribution is -0.114. The average Bonchev–Trinajstić information content (AvgIpc) is 3.40. The van der Waals surface area contributed by atoms with Crippen molar-refractivity contribution in [1.29, 1.82) is 5.41 Å². The number of thioether (sulfide) groups is 1. The van der Waals surface area contributed by atoms with Crippen molar-refractivity contribution < 1.29 is 4.79 Å². The predicted octanol–water partition coefficient (Wildman–Crippen LogP) is 7.23. The maximum absolute atomic E-state index is 12.9. The molecule has 6 nitrogen and oxygen atoms in total. The molecule has 0 bridgehead atoms. The van der Waals surface area contributed by atoms with Crippen molar-refractivity contribution in [2.75, 3.05) is 0 Å². The molecule has 1 amide bonds. The van der Waals surface area contributed by atoms with Crippen LogP contribution in [0.25, 0.3) is 22.5 Å². The van der Waals surface area contributed by atoms with Crippen molar-refractivity contribution in [3.05, 3.63) is 71.1 Å². The van der Waals surface area contributed by atoms with Crippen LogP contribution in [0.5, 0.6) is 0 Å². The maximum Gasteiger partial charge on any atom is 0.283 e. The van der Waals surface area contributed by atoms with Gasteiger partial charge in [0.15, 0.2) is 5.84 Å². The van der Waals surface area contributed by atoms with E-state index in [2.05, 4.69) is 71.0 Å². The van der Waals surface area contributed by atoms with E-state index in [0.29, 0.717) is 5.17 Å². The van der Waals surface area contributed by atoms with Crippen LogP contribution in [0.15, 0.2) is 64.2 Å². The van der Waals surface area contributed by atoms with Crippen molar-refractivity contribution in [3.8, 4) is 5.69 Å². The second-order valence-corrected chi connectivity index (χ2v) is 10.4. The standard InChI is InChI=1S/C29H31N5OS/c1-4-5-6-7-8-16-26-32-34-27(30)24(28(35)31-29(34)36-26)18-22-17-19(2)33(20(22)3)25-15-11-13-21-12-9-10-14-23(21)25/h9-15,17-18,30H,4-8,16H2,1-3H3. The first-order valence-electron chi connectivity index (χ1n) is 12.6. The van der Waals surface area contributed by atoms with Gasteiger partial charge in [0.2, 0.25) is 5.17 Å². The van der Waals surface area contributed by atoms with Crippen LogP contribution in [-0.2, 0) is 4.79 Å². The number of rotatable bonds is 8. The molecule has 36 heavy (non-hydrogen) atoms. The Kier molecular flexibility index (Phi) is 6.92. The lowest BCUT2D eigenvalue weighted by atomic mass is 10.1. The molecular weight excluding hydrogens is 466 g/mol. The third-order valence-electron chi connectivity index (χ3n) is 6.77. The molecule has 7 heteroatoms. The highest BCUT2D eigenvalue weighted by molar-refractivity contribution is 8.26. The molecule has 184 valence electrons. The summed E-state index contributed by atoms with van der Waals surface area (Å²) in [5, 5.41) is 18.7. The molecular formula is C29H31N5OS. The van der Waals surface area contributed by atoms with Crippen molar-refractivity contribution >= 4 is 50.6 Å². The van der Waals surface area contributed by atoms with Crippen LogP contribution in [0, 0.1) is 19.3 Å². The maximum atomic E-state index is 12.9. The van der Waals surface area contributed by atoms with Crippen molar-refractivity contribution in [1.82, 2.24) is 9.58 Å². The number of hydrogen-bond acceptors (Lipinski definition) is 4. The summed E-state index contributed by atoms with van der Waals surface area (Å²) in [5.74, 6) is -0.290. The fourth-order valence-electron chi connectivity index (χ4n) is 4.88. The van der Waals surface area contributed by atoms with E-state index in [1.165, 1.54) is 53.2 Å². The van der Waals surface area contributed by atoms with Crippen LogP contribution in [-0.4, -0.2) is 31.5 Å². The van der Waals surface area contributed by atoms with Crippen LogP contribution in [0.1, 0.15) is 62.4 Å². The summed E-state index contributed by atoms with van der Waals surface area (Å²) >= 11 is 1.42. The van der Waals surface area contributed by atoms with E-state index in [9.17, 15) is 4.79 Å². The summed E-state index contributed by atoms with van der Waals surface area (Å²) in [4.78, 5) is 17.2. The zero-order valence-corrected chi connectivity index (χ0v) is 21.9. The minimum absolute atomic E-state index is 0.0912. The number of carbonyl (C=O) groups is 1. The van der Waals surface area contributed by atoms with Gasteiger partial charge < -0.3 is 4.57 Å². The number of benzene rings is 2. The summed E-state index contributed by atoms with van der Waals surface area (Å²) in [6.07, 6.45) is 8.60. The zero-order chi connectivity index (χ0) is 25.2. The Morgan fingerprint density at radius 2 is 1.81 bits per heavy atom. The van der Waals surface area contributed by atoms with E-state index in [4.69, 9.17) is 5.41 Å². The molecule has 0 atom stereocenters. The Bertz CT molecular complexity index is 1440. The predicted molar refractivity (Wildman–Crippen MR) is 151 cm³/mol. The Morgan fingerprint density at radius 1 is 1.03 bits per heavy atom. The van der Waals surface area contributed by atoms with Gasteiger partial charge in [-0.1, -0.05) is 69.0 Å². The van der Waals surface area contributed by atoms with Gasteiger partial charge in [-0.15, -0.1) is 0 Å². The van der Waals surface area contributed by atoms with Gasteiger partial charge in [0.05, 0.1) is 11.3 Å². The number of amidine groups is 2. The largest absolute Gasteiger partial charge is 0.317 e. The molecule has 0 fully saturated rings. The second kappa shape index (κ2) is 10.3. The quantitative estimate of drug-likeness (QED) is 0.264. The first-order valence-corrected chi connectivity index (χ1v) is 13.5. The van der Waals surface area contributed by atoms with E-state index in [1.807, 2.05) is 13.0 Å². The van der Waals surface area contributed by atoms with Crippen LogP contribution < -0.4 is 0 Å². The Labute approximate surface area is 216 Å². The van der Waals surface area contributed by atoms with E-state index < -0.39 is 0 Å². The van der Waals surface area contributed by atoms with Gasteiger partial charge in [-0.25, -0.2) is 0 Å². The number of fused-ring (bicyclic) bond motifs is 2. The lowest BCUT2D eigenvalue weighted by Gasteiger charge is -2.20. The van der Waals surface area contributed by atoms with E-state index in [-0.39, 0.29) is 17.3 Å². The zero-order valence-electron chi connectivity index (χ0n) is 21.0. The second-order valence-electron chi connectivity index (χ2n) is 9.34. The fourth-order valence-corrected chi connectivity index (χ4v) is 5.80. The van der Waals surface area contributed by atoms with E-state index >= 15 is 0 Å². The lowest BCUT2D eigenvalue weighted by Crippen LogP contribution is -2.35. The topological polar surface area (TPSA) is 73.8 Å². The Balaban J connectivity index is 1.42. The summed E-state index contributed by atoms with van der Waals surface area (Å²) in [6.45, 7) is 6.32. The number of amides is 1. The first kappa shape index (κ1) is 24.3. The number of unbranched alkanes of at least 4 members (excludes halogenated alkanes) is 4. The van der Waals surface area contributed by atoms with Crippen LogP contribution in [0.3, 0.4) is 0 Å². The summed E-state index contributed by atoms with van der Waals surface area (Å²) in [7, 11) is 0. The summed E-state index contributed by atoms with van der Waals surface area (Å²) < 4.78 is 2.21. The molecule has 2 aliphatic heterocycles. The molecule has 5 rings (SSSR count). The Morgan fingerprint density at radius 3 is 2.64 bits per heavy atom. The molecule has 1 N–H and O–H groups in total. The number of nitrogens with one attached hydrogen (secondary N) is 1. The molecule has 0 aliphatic carbocycles. The van der Waals surface area contributed by atoms with Crippen molar-refractivity contribution in [2.45, 2.75) is 59.3 Å². The van der Waals surface area contributed by atoms with Gasteiger partial charge in [0.1, 0.15) is 5.04 Å². The molecule has 2 aromatic carbocycles. The smallest absolute Gasteiger partial charge is 0.283 e. The first-order chi connectivity index (χ1) is 17.5. The number of hydrazone groups is 1. The van der Waals surface area contributed by atoms with Gasteiger partial charge in [0, 0.05) is 16.8 Å². The third-order valence-corrected chi connectivity index (χ3v) is 7.74. The minimum atomic E-state index is -0.381. The monoisotopic (exact) mass is 497 g/mol. The van der Waals surface area contributed by atoms with Crippen LogP contribution in [0.2, 0.25) is 0 Å². The summed E-state index contributed by atoms with van der Waals surface area (Å²) in [5.41, 5.74) is 4.35. The molecule has 0 radical (unpaired) electrons. The Hall–Kier alpha value is -3.45. The van der Waals surface area contributed by atoms with Gasteiger partial charge in [-0.3, -0.25) is 10.2 Å². The van der Waals surface area contributed by atoms with E-state index in [0.717, 1.165) is 40.5 Å². The molecule has 2 aliphatic rings. The number of aliphatic imine (C=N–C) groups is 1. The van der Waals surface area contributed by atoms with Crippen molar-refractivity contribution in [3.63, 3.8) is 0 Å². The highest BCUT2D eigenvalue weighted by Crippen LogP contribution is 2.32. The number of carbonyl (C=O) groups excluding carboxylic acids is 1. The van der Waals surface area contributed by atoms with Crippen molar-refractivity contribution in [2.24, 2.45) is 10.1 Å². The highest BCUT2D eigenvalue weighted by Gasteiger charge is 2.35. The van der Waals surface area contributed by atoms with Gasteiger partial charge >= 0.3 is 0 Å². The van der Waals surface area contributed by atoms with Gasteiger partial charge in [0.25, 0.3) is 5.91 Å². The highest BCUT2D eigenvalue weighted by atomic mass is 32.2. The minimum Gasteiger partial charge on any atom is -0.317 e. The molecule has 0 saturated carbocycles. The molecule has 0 spiro atoms. The third kappa shape index (κ3) is 4.55. The molecule has 0 unspecified atom stereocenters. The normalized spacial score (nSPS) is 16.6. The van der Waals surface area contributed by atoms with Gasteiger partial charge in [-0.05, 0) is 67.6 Å². The number of hydrogen-bond donors (Lipinski definition) is 1. The number of nitrogens with zero attached hydrogens (tertiary/aromatic N) is 4. The summed E-state index contributed by atoms with van der Waals surface area (Å²) in [6, 6.07) is 16.7. The van der Waals surface area contributed by atoms with Crippen LogP contribution in [0.4, 0.5) is 0 Å². The fraction of sp³-hybridized carbons (Fsp3) is 0.310. The molecule has 1 aromatic heterocycles. The van der Waals surface area contributed by atoms with Crippen LogP contribution >= 0.6 is 11.8 Å². The average molecular weight is 498 g/mol. The van der Waals surface area contributed by atoms with E-state index in [1.54, 1.807) is 6.08 Å². The SMILES string of the molecule is CCCCCCCC1=NN2C(=N)C(=Cc3cc(C)n(-c4cccc5ccccc45)c3C)C(=O)N=C2S1. The van der Waals surface area contributed by atoms with Gasteiger partial charge in [-0.2, -0.15) is 15.1 Å². The number of aromatic nitrogens is 1. The number of aryl methyl sites for hydroxylation is 1. The molecule has 3 heterocycles. The molecule has 0 saturated heterocycles.